The summed E-state index contributed by atoms with van der Waals surface area (Å²) in [6.07, 6.45) is 5.76. The molecule has 2 saturated carbocycles. The van der Waals surface area contributed by atoms with Crippen molar-refractivity contribution >= 4 is 11.6 Å². The van der Waals surface area contributed by atoms with Crippen LogP contribution >= 0.6 is 0 Å². The van der Waals surface area contributed by atoms with Crippen LogP contribution < -0.4 is 10.6 Å². The second kappa shape index (κ2) is 4.99. The molecule has 0 spiro atoms. The minimum absolute atomic E-state index is 0.509. The van der Waals surface area contributed by atoms with Gasteiger partial charge < -0.3 is 10.6 Å². The molecule has 4 nitrogen and oxygen atoms in total. The molecule has 1 heterocycles. The van der Waals surface area contributed by atoms with Gasteiger partial charge in [0.05, 0.1) is 0 Å². The number of aromatic nitrogens is 2. The average molecular weight is 260 g/mol. The van der Waals surface area contributed by atoms with Gasteiger partial charge in [0.1, 0.15) is 17.5 Å². The van der Waals surface area contributed by atoms with Crippen molar-refractivity contribution in [1.29, 1.82) is 0 Å². The van der Waals surface area contributed by atoms with Gasteiger partial charge in [0.25, 0.3) is 0 Å². The van der Waals surface area contributed by atoms with Gasteiger partial charge >= 0.3 is 0 Å². The van der Waals surface area contributed by atoms with Crippen LogP contribution in [0.1, 0.15) is 38.4 Å². The number of anilines is 2. The maximum atomic E-state index is 4.49. The Morgan fingerprint density at radius 1 is 1.21 bits per heavy atom. The number of rotatable bonds is 4. The lowest BCUT2D eigenvalue weighted by atomic mass is 9.84. The Labute approximate surface area is 115 Å². The fourth-order valence-electron chi connectivity index (χ4n) is 4.02. The summed E-state index contributed by atoms with van der Waals surface area (Å²) in [5, 5.41) is 6.68. The van der Waals surface area contributed by atoms with Crippen LogP contribution in [0.25, 0.3) is 0 Å². The SMILES string of the molecule is CNc1cc(NC(C)C2CC3CCC2C3)nc(C)n1. The largest absolute Gasteiger partial charge is 0.373 e. The minimum atomic E-state index is 0.509. The molecule has 2 aliphatic rings. The van der Waals surface area contributed by atoms with Crippen LogP contribution in [0.15, 0.2) is 6.07 Å². The molecular weight excluding hydrogens is 236 g/mol. The predicted octanol–water partition coefficient (Wildman–Crippen LogP) is 3.06. The number of nitrogens with one attached hydrogen (secondary N) is 2. The molecule has 2 aliphatic carbocycles. The molecule has 0 saturated heterocycles. The van der Waals surface area contributed by atoms with Gasteiger partial charge in [-0.3, -0.25) is 0 Å². The third kappa shape index (κ3) is 2.53. The molecule has 4 atom stereocenters. The first-order chi connectivity index (χ1) is 9.15. The second-order valence-electron chi connectivity index (χ2n) is 6.21. The molecule has 104 valence electrons. The van der Waals surface area contributed by atoms with Crippen LogP contribution in [0.2, 0.25) is 0 Å². The summed E-state index contributed by atoms with van der Waals surface area (Å²) in [6, 6.07) is 2.51. The first-order valence-corrected chi connectivity index (χ1v) is 7.45. The standard InChI is InChI=1S/C15H24N4/c1-9(13-7-11-4-5-12(13)6-11)17-15-8-14(16-3)18-10(2)19-15/h8-9,11-13H,4-7H2,1-3H3,(H2,16,17,18,19). The maximum Gasteiger partial charge on any atom is 0.132 e. The molecule has 2 fully saturated rings. The van der Waals surface area contributed by atoms with Crippen molar-refractivity contribution in [3.8, 4) is 0 Å². The first-order valence-electron chi connectivity index (χ1n) is 7.45. The monoisotopic (exact) mass is 260 g/mol. The van der Waals surface area contributed by atoms with Gasteiger partial charge in [-0.1, -0.05) is 6.42 Å². The van der Waals surface area contributed by atoms with Gasteiger partial charge in [0.15, 0.2) is 0 Å². The van der Waals surface area contributed by atoms with E-state index in [1.807, 2.05) is 20.0 Å². The second-order valence-corrected chi connectivity index (χ2v) is 6.21. The quantitative estimate of drug-likeness (QED) is 0.873. The van der Waals surface area contributed by atoms with Gasteiger partial charge in [0.2, 0.25) is 0 Å². The van der Waals surface area contributed by atoms with E-state index in [1.165, 1.54) is 25.7 Å². The zero-order valence-electron chi connectivity index (χ0n) is 12.1. The van der Waals surface area contributed by atoms with Crippen molar-refractivity contribution in [2.24, 2.45) is 17.8 Å². The van der Waals surface area contributed by atoms with E-state index < -0.39 is 0 Å². The van der Waals surface area contributed by atoms with Crippen LogP contribution in [0, 0.1) is 24.7 Å². The zero-order chi connectivity index (χ0) is 13.4. The summed E-state index contributed by atoms with van der Waals surface area (Å²) in [4.78, 5) is 8.83. The Bertz CT molecular complexity index is 459. The van der Waals surface area contributed by atoms with Gasteiger partial charge in [-0.2, -0.15) is 0 Å². The molecule has 3 rings (SSSR count). The van der Waals surface area contributed by atoms with Crippen LogP contribution in [0.5, 0.6) is 0 Å². The van der Waals surface area contributed by atoms with Crippen LogP contribution in [-0.4, -0.2) is 23.1 Å². The molecule has 2 bridgehead atoms. The number of aryl methyl sites for hydroxylation is 1. The lowest BCUT2D eigenvalue weighted by Crippen LogP contribution is -2.30. The summed E-state index contributed by atoms with van der Waals surface area (Å²) in [5.41, 5.74) is 0. The number of fused-ring (bicyclic) bond motifs is 2. The lowest BCUT2D eigenvalue weighted by Gasteiger charge is -2.29. The Hall–Kier alpha value is -1.32. The fraction of sp³-hybridized carbons (Fsp3) is 0.733. The van der Waals surface area contributed by atoms with E-state index in [-0.39, 0.29) is 0 Å². The molecule has 0 aromatic carbocycles. The van der Waals surface area contributed by atoms with Crippen molar-refractivity contribution in [2.45, 2.75) is 45.6 Å². The highest BCUT2D eigenvalue weighted by molar-refractivity contribution is 5.47. The molecule has 0 amide bonds. The fourth-order valence-corrected chi connectivity index (χ4v) is 4.02. The van der Waals surface area contributed by atoms with Gasteiger partial charge in [-0.15, -0.1) is 0 Å². The van der Waals surface area contributed by atoms with Crippen molar-refractivity contribution in [2.75, 3.05) is 17.7 Å². The van der Waals surface area contributed by atoms with Crippen molar-refractivity contribution < 1.29 is 0 Å². The summed E-state index contributed by atoms with van der Waals surface area (Å²) in [7, 11) is 1.89. The zero-order valence-corrected chi connectivity index (χ0v) is 12.1. The predicted molar refractivity (Wildman–Crippen MR) is 78.3 cm³/mol. The topological polar surface area (TPSA) is 49.8 Å². The van der Waals surface area contributed by atoms with Gasteiger partial charge in [0, 0.05) is 19.2 Å². The molecule has 1 aromatic rings. The van der Waals surface area contributed by atoms with Gasteiger partial charge in [-0.05, 0) is 50.9 Å². The van der Waals surface area contributed by atoms with Crippen LogP contribution in [0.3, 0.4) is 0 Å². The van der Waals surface area contributed by atoms with E-state index in [4.69, 9.17) is 0 Å². The number of hydrogen-bond donors (Lipinski definition) is 2. The normalized spacial score (nSPS) is 30.4. The Balaban J connectivity index is 1.69. The van der Waals surface area contributed by atoms with Crippen molar-refractivity contribution in [3.05, 3.63) is 11.9 Å². The van der Waals surface area contributed by atoms with E-state index in [1.54, 1.807) is 0 Å². The Morgan fingerprint density at radius 2 is 2.00 bits per heavy atom. The number of nitrogens with zero attached hydrogens (tertiary/aromatic N) is 2. The maximum absolute atomic E-state index is 4.49. The molecule has 0 radical (unpaired) electrons. The van der Waals surface area contributed by atoms with Crippen LogP contribution in [0.4, 0.5) is 11.6 Å². The Morgan fingerprint density at radius 3 is 2.63 bits per heavy atom. The summed E-state index contributed by atoms with van der Waals surface area (Å²) < 4.78 is 0. The lowest BCUT2D eigenvalue weighted by molar-refractivity contribution is 0.304. The van der Waals surface area contributed by atoms with E-state index in [2.05, 4.69) is 27.5 Å². The summed E-state index contributed by atoms with van der Waals surface area (Å²) in [5.74, 6) is 5.42. The average Bonchev–Trinajstić information content (AvgIpc) is 3.00. The molecule has 0 aliphatic heterocycles. The highest BCUT2D eigenvalue weighted by atomic mass is 15.1. The molecule has 4 heteroatoms. The molecule has 1 aromatic heterocycles. The molecular formula is C15H24N4. The minimum Gasteiger partial charge on any atom is -0.373 e. The third-order valence-electron chi connectivity index (χ3n) is 4.90. The summed E-state index contributed by atoms with van der Waals surface area (Å²) in [6.45, 7) is 4.25. The third-order valence-corrected chi connectivity index (χ3v) is 4.90. The van der Waals surface area contributed by atoms with Crippen molar-refractivity contribution in [3.63, 3.8) is 0 Å². The van der Waals surface area contributed by atoms with E-state index >= 15 is 0 Å². The first kappa shape index (κ1) is 12.7. The highest BCUT2D eigenvalue weighted by Crippen LogP contribution is 2.49. The summed E-state index contributed by atoms with van der Waals surface area (Å²) >= 11 is 0. The van der Waals surface area contributed by atoms with Crippen molar-refractivity contribution in [1.82, 2.24) is 9.97 Å². The van der Waals surface area contributed by atoms with Crippen LogP contribution in [-0.2, 0) is 0 Å². The van der Waals surface area contributed by atoms with E-state index in [0.29, 0.717) is 6.04 Å². The molecule has 19 heavy (non-hydrogen) atoms. The van der Waals surface area contributed by atoms with E-state index in [9.17, 15) is 0 Å². The number of hydrogen-bond acceptors (Lipinski definition) is 4. The van der Waals surface area contributed by atoms with Gasteiger partial charge in [-0.25, -0.2) is 9.97 Å². The van der Waals surface area contributed by atoms with E-state index in [0.717, 1.165) is 35.2 Å². The Kier molecular flexibility index (Phi) is 3.33. The molecule has 2 N–H and O–H groups in total. The molecule has 4 unspecified atom stereocenters. The highest BCUT2D eigenvalue weighted by Gasteiger charge is 2.41. The smallest absolute Gasteiger partial charge is 0.132 e.